The average Bonchev–Trinajstić information content (AvgIpc) is 3.05. The molecule has 1 aromatic heterocycles. The van der Waals surface area contributed by atoms with E-state index < -0.39 is 0 Å². The smallest absolute Gasteiger partial charge is 0.0991 e. The Hall–Kier alpha value is -3.10. The summed E-state index contributed by atoms with van der Waals surface area (Å²) >= 11 is 0. The third-order valence-corrected chi connectivity index (χ3v) is 4.49. The van der Waals surface area contributed by atoms with Crippen LogP contribution < -0.4 is 5.32 Å². The highest BCUT2D eigenvalue weighted by atomic mass is 16.2. The summed E-state index contributed by atoms with van der Waals surface area (Å²) in [6.45, 7) is 4.31. The van der Waals surface area contributed by atoms with Crippen molar-refractivity contribution in [3.8, 4) is 11.8 Å². The number of nitrogens with zero attached hydrogens (tertiary/aromatic N) is 3. The number of aliphatic hydroxyl groups excluding tert-OH is 1. The third kappa shape index (κ3) is 3.76. The number of aromatic nitrogens is 2. The summed E-state index contributed by atoms with van der Waals surface area (Å²) in [4.78, 5) is 0. The second-order valence-electron chi connectivity index (χ2n) is 6.29. The van der Waals surface area contributed by atoms with E-state index in [9.17, 15) is 0 Å². The molecule has 2 N–H and O–H groups in total. The molecule has 1 unspecified atom stereocenters. The fourth-order valence-electron chi connectivity index (χ4n) is 3.01. The molecule has 0 amide bonds. The highest BCUT2D eigenvalue weighted by molar-refractivity contribution is 5.48. The van der Waals surface area contributed by atoms with Crippen molar-refractivity contribution in [2.24, 2.45) is 0 Å². The molecule has 0 spiro atoms. The van der Waals surface area contributed by atoms with Crippen molar-refractivity contribution in [1.82, 2.24) is 9.78 Å². The van der Waals surface area contributed by atoms with Gasteiger partial charge in [0.25, 0.3) is 0 Å². The first kappa shape index (κ1) is 17.7. The summed E-state index contributed by atoms with van der Waals surface area (Å²) in [5.74, 6) is 0. The first-order valence-electron chi connectivity index (χ1n) is 8.63. The molecule has 0 saturated heterocycles. The zero-order chi connectivity index (χ0) is 18.5. The maximum atomic E-state index is 9.00. The Morgan fingerprint density at radius 3 is 2.46 bits per heavy atom. The van der Waals surface area contributed by atoms with Gasteiger partial charge in [-0.2, -0.15) is 10.4 Å². The lowest BCUT2D eigenvalue weighted by Crippen LogP contribution is -2.08. The van der Waals surface area contributed by atoms with E-state index in [1.165, 1.54) is 0 Å². The fraction of sp³-hybridized carbons (Fsp3) is 0.238. The molecule has 0 aliphatic heterocycles. The Balaban J connectivity index is 1.76. The van der Waals surface area contributed by atoms with Crippen LogP contribution in [-0.4, -0.2) is 21.5 Å². The molecule has 5 heteroatoms. The number of hydrogen-bond donors (Lipinski definition) is 2. The van der Waals surface area contributed by atoms with Gasteiger partial charge < -0.3 is 10.4 Å². The van der Waals surface area contributed by atoms with Gasteiger partial charge in [-0.3, -0.25) is 0 Å². The van der Waals surface area contributed by atoms with Gasteiger partial charge in [0.05, 0.1) is 29.6 Å². The first-order chi connectivity index (χ1) is 12.6. The SMILES string of the molecule is Cc1c(C(C)Nc2ccc(CCO)cc2)cnn1-c1ccc(C#N)cc1. The highest BCUT2D eigenvalue weighted by Crippen LogP contribution is 2.24. The minimum absolute atomic E-state index is 0.103. The quantitative estimate of drug-likeness (QED) is 0.713. The van der Waals surface area contributed by atoms with Crippen molar-refractivity contribution in [3.63, 3.8) is 0 Å². The summed E-state index contributed by atoms with van der Waals surface area (Å²) in [6.07, 6.45) is 2.55. The second kappa shape index (κ2) is 7.85. The lowest BCUT2D eigenvalue weighted by molar-refractivity contribution is 0.299. The largest absolute Gasteiger partial charge is 0.396 e. The molecule has 0 aliphatic carbocycles. The Morgan fingerprint density at radius 1 is 1.15 bits per heavy atom. The van der Waals surface area contributed by atoms with Crippen molar-refractivity contribution in [2.75, 3.05) is 11.9 Å². The van der Waals surface area contributed by atoms with Gasteiger partial charge in [-0.1, -0.05) is 12.1 Å². The predicted octanol–water partition coefficient (Wildman–Crippen LogP) is 3.76. The summed E-state index contributed by atoms with van der Waals surface area (Å²) in [6, 6.07) is 17.7. The van der Waals surface area contributed by atoms with E-state index >= 15 is 0 Å². The monoisotopic (exact) mass is 346 g/mol. The van der Waals surface area contributed by atoms with Crippen molar-refractivity contribution >= 4 is 5.69 Å². The van der Waals surface area contributed by atoms with Gasteiger partial charge in [-0.05, 0) is 62.2 Å². The van der Waals surface area contributed by atoms with Gasteiger partial charge in [-0.25, -0.2) is 4.68 Å². The minimum Gasteiger partial charge on any atom is -0.396 e. The molecule has 0 saturated carbocycles. The van der Waals surface area contributed by atoms with Crippen LogP contribution in [0.15, 0.2) is 54.7 Å². The highest BCUT2D eigenvalue weighted by Gasteiger charge is 2.14. The molecule has 3 aromatic rings. The maximum Gasteiger partial charge on any atom is 0.0991 e. The van der Waals surface area contributed by atoms with Gasteiger partial charge in [0.1, 0.15) is 0 Å². The van der Waals surface area contributed by atoms with Crippen LogP contribution >= 0.6 is 0 Å². The molecule has 0 bridgehead atoms. The van der Waals surface area contributed by atoms with Crippen LogP contribution in [0.1, 0.15) is 35.3 Å². The molecule has 0 fully saturated rings. The molecule has 2 aromatic carbocycles. The summed E-state index contributed by atoms with van der Waals surface area (Å²) < 4.78 is 1.89. The van der Waals surface area contributed by atoms with E-state index in [2.05, 4.69) is 23.4 Å². The van der Waals surface area contributed by atoms with Crippen LogP contribution in [0.4, 0.5) is 5.69 Å². The molecular weight excluding hydrogens is 324 g/mol. The van der Waals surface area contributed by atoms with Crippen LogP contribution in [0.2, 0.25) is 0 Å². The number of aliphatic hydroxyl groups is 1. The molecule has 1 heterocycles. The summed E-state index contributed by atoms with van der Waals surface area (Å²) in [5, 5.41) is 25.9. The van der Waals surface area contributed by atoms with E-state index in [0.29, 0.717) is 12.0 Å². The maximum absolute atomic E-state index is 9.00. The van der Waals surface area contributed by atoms with Crippen LogP contribution in [0.25, 0.3) is 5.69 Å². The van der Waals surface area contributed by atoms with Crippen LogP contribution in [0.3, 0.4) is 0 Å². The van der Waals surface area contributed by atoms with Crippen molar-refractivity contribution in [2.45, 2.75) is 26.3 Å². The second-order valence-corrected chi connectivity index (χ2v) is 6.29. The van der Waals surface area contributed by atoms with Gasteiger partial charge >= 0.3 is 0 Å². The first-order valence-corrected chi connectivity index (χ1v) is 8.63. The molecule has 26 heavy (non-hydrogen) atoms. The predicted molar refractivity (Wildman–Crippen MR) is 102 cm³/mol. The van der Waals surface area contributed by atoms with E-state index in [-0.39, 0.29) is 12.6 Å². The number of anilines is 1. The number of nitrogens with one attached hydrogen (secondary N) is 1. The zero-order valence-electron chi connectivity index (χ0n) is 15.0. The van der Waals surface area contributed by atoms with E-state index in [0.717, 1.165) is 28.2 Å². The topological polar surface area (TPSA) is 73.9 Å². The number of rotatable bonds is 6. The van der Waals surface area contributed by atoms with Crippen LogP contribution in [-0.2, 0) is 6.42 Å². The van der Waals surface area contributed by atoms with Gasteiger partial charge in [0.2, 0.25) is 0 Å². The molecule has 0 radical (unpaired) electrons. The molecule has 0 aliphatic rings. The lowest BCUT2D eigenvalue weighted by atomic mass is 10.1. The minimum atomic E-state index is 0.103. The van der Waals surface area contributed by atoms with Crippen molar-refractivity contribution in [1.29, 1.82) is 5.26 Å². The molecule has 1 atom stereocenters. The van der Waals surface area contributed by atoms with Crippen LogP contribution in [0.5, 0.6) is 0 Å². The Kier molecular flexibility index (Phi) is 5.35. The van der Waals surface area contributed by atoms with Crippen LogP contribution in [0, 0.1) is 18.3 Å². The van der Waals surface area contributed by atoms with Crippen molar-refractivity contribution < 1.29 is 5.11 Å². The number of benzene rings is 2. The Morgan fingerprint density at radius 2 is 1.85 bits per heavy atom. The Labute approximate surface area is 153 Å². The standard InChI is InChI=1S/C21H22N4O/c1-15(24-19-7-3-17(4-8-19)11-12-26)21-14-23-25(16(21)2)20-9-5-18(13-22)6-10-20/h3-10,14-15,24,26H,11-12H2,1-2H3. The average molecular weight is 346 g/mol. The lowest BCUT2D eigenvalue weighted by Gasteiger charge is -2.16. The third-order valence-electron chi connectivity index (χ3n) is 4.49. The van der Waals surface area contributed by atoms with Crippen molar-refractivity contribution in [3.05, 3.63) is 77.1 Å². The molecule has 5 nitrogen and oxygen atoms in total. The molecular formula is C21H22N4O. The van der Waals surface area contributed by atoms with E-state index in [4.69, 9.17) is 10.4 Å². The molecule has 132 valence electrons. The normalized spacial score (nSPS) is 11.8. The fourth-order valence-corrected chi connectivity index (χ4v) is 3.01. The number of hydrogen-bond acceptors (Lipinski definition) is 4. The number of nitriles is 1. The van der Waals surface area contributed by atoms with E-state index in [1.807, 2.05) is 54.2 Å². The van der Waals surface area contributed by atoms with E-state index in [1.54, 1.807) is 12.1 Å². The zero-order valence-corrected chi connectivity index (χ0v) is 15.0. The van der Waals surface area contributed by atoms with Gasteiger partial charge in [0.15, 0.2) is 0 Å². The molecule has 3 rings (SSSR count). The Bertz CT molecular complexity index is 905. The van der Waals surface area contributed by atoms with Gasteiger partial charge in [-0.15, -0.1) is 0 Å². The summed E-state index contributed by atoms with van der Waals surface area (Å²) in [5.41, 5.74) is 5.91. The summed E-state index contributed by atoms with van der Waals surface area (Å²) in [7, 11) is 0. The van der Waals surface area contributed by atoms with Gasteiger partial charge in [0, 0.05) is 23.6 Å².